The predicted octanol–water partition coefficient (Wildman–Crippen LogP) is 3.14. The summed E-state index contributed by atoms with van der Waals surface area (Å²) in [5, 5.41) is 16.6. The van der Waals surface area contributed by atoms with E-state index in [9.17, 15) is 19.5 Å². The zero-order valence-corrected chi connectivity index (χ0v) is 25.3. The topological polar surface area (TPSA) is 172 Å². The lowest BCUT2D eigenvalue weighted by molar-refractivity contribution is -0.125. The van der Waals surface area contributed by atoms with E-state index in [1.165, 1.54) is 6.20 Å². The minimum atomic E-state index is -0.758. The molecule has 46 heavy (non-hydrogen) atoms. The Morgan fingerprint density at radius 1 is 1.09 bits per heavy atom. The summed E-state index contributed by atoms with van der Waals surface area (Å²) in [6.45, 7) is 3.66. The number of benzene rings is 2. The number of aliphatic hydroxyl groups is 1. The first kappa shape index (κ1) is 30.9. The Kier molecular flexibility index (Phi) is 9.06. The molecule has 2 fully saturated rings. The van der Waals surface area contributed by atoms with Gasteiger partial charge in [0.2, 0.25) is 0 Å². The number of carbonyl (C=O) groups is 3. The molecule has 0 radical (unpaired) electrons. The van der Waals surface area contributed by atoms with E-state index in [1.54, 1.807) is 41.4 Å². The Bertz CT molecular complexity index is 1740. The second kappa shape index (κ2) is 13.5. The molecule has 2 aromatic carbocycles. The number of hydrogen-bond acceptors (Lipinski definition) is 10. The summed E-state index contributed by atoms with van der Waals surface area (Å²) in [6, 6.07) is 17.5. The highest BCUT2D eigenvalue weighted by Gasteiger charge is 2.32. The molecule has 2 saturated heterocycles. The Hall–Kier alpha value is -5.11. The van der Waals surface area contributed by atoms with Gasteiger partial charge in [0.05, 0.1) is 41.5 Å². The van der Waals surface area contributed by atoms with Crippen LogP contribution in [0.2, 0.25) is 0 Å². The highest BCUT2D eigenvalue weighted by Crippen LogP contribution is 2.31. The van der Waals surface area contributed by atoms with Gasteiger partial charge in [-0.2, -0.15) is 0 Å². The van der Waals surface area contributed by atoms with Crippen molar-refractivity contribution < 1.29 is 29.0 Å². The van der Waals surface area contributed by atoms with Gasteiger partial charge < -0.3 is 35.4 Å². The zero-order chi connectivity index (χ0) is 32.2. The number of piperidine rings is 1. The van der Waals surface area contributed by atoms with Gasteiger partial charge >= 0.3 is 6.09 Å². The number of nitrogens with one attached hydrogen (secondary N) is 2. The lowest BCUT2D eigenvalue weighted by Crippen LogP contribution is -2.55. The summed E-state index contributed by atoms with van der Waals surface area (Å²) in [4.78, 5) is 51.8. The number of pyridine rings is 2. The van der Waals surface area contributed by atoms with Crippen molar-refractivity contribution in [2.45, 2.75) is 25.7 Å². The highest BCUT2D eigenvalue weighted by atomic mass is 16.5. The molecule has 6 rings (SSSR count). The number of ether oxygens (including phenoxy) is 2. The van der Waals surface area contributed by atoms with Gasteiger partial charge in [-0.05, 0) is 29.8 Å². The number of fused-ring (bicyclic) bond motifs is 1. The van der Waals surface area contributed by atoms with E-state index in [4.69, 9.17) is 15.2 Å². The second-order valence-electron chi connectivity index (χ2n) is 11.4. The van der Waals surface area contributed by atoms with E-state index < -0.39 is 24.1 Å². The molecule has 2 aliphatic rings. The van der Waals surface area contributed by atoms with Crippen molar-refractivity contribution in [3.63, 3.8) is 0 Å². The van der Waals surface area contributed by atoms with Crippen LogP contribution in [0.5, 0.6) is 0 Å². The van der Waals surface area contributed by atoms with Crippen molar-refractivity contribution in [2.24, 2.45) is 11.7 Å². The predicted molar refractivity (Wildman–Crippen MR) is 173 cm³/mol. The van der Waals surface area contributed by atoms with Gasteiger partial charge in [-0.25, -0.2) is 9.78 Å². The fourth-order valence-corrected chi connectivity index (χ4v) is 5.70. The Morgan fingerprint density at radius 3 is 2.70 bits per heavy atom. The van der Waals surface area contributed by atoms with E-state index >= 15 is 0 Å². The average Bonchev–Trinajstić information content (AvgIpc) is 3.06. The normalized spacial score (nSPS) is 20.0. The molecule has 0 spiro atoms. The molecule has 3 amide bonds. The van der Waals surface area contributed by atoms with Gasteiger partial charge in [0.15, 0.2) is 5.69 Å². The van der Waals surface area contributed by atoms with Crippen molar-refractivity contribution in [3.05, 3.63) is 84.3 Å². The fourth-order valence-electron chi connectivity index (χ4n) is 5.70. The summed E-state index contributed by atoms with van der Waals surface area (Å²) < 4.78 is 10.7. The molecule has 2 aliphatic heterocycles. The van der Waals surface area contributed by atoms with Crippen LogP contribution < -0.4 is 26.2 Å². The Balaban J connectivity index is 1.31. The number of aromatic nitrogens is 2. The van der Waals surface area contributed by atoms with E-state index in [1.807, 2.05) is 42.2 Å². The minimum absolute atomic E-state index is 0.0137. The Morgan fingerprint density at radius 2 is 1.91 bits per heavy atom. The van der Waals surface area contributed by atoms with Crippen LogP contribution in [0.1, 0.15) is 23.0 Å². The third-order valence-corrected chi connectivity index (χ3v) is 8.11. The van der Waals surface area contributed by atoms with Crippen LogP contribution >= 0.6 is 0 Å². The quantitative estimate of drug-likeness (QED) is 0.239. The molecule has 3 atom stereocenters. The third kappa shape index (κ3) is 6.76. The minimum Gasteiger partial charge on any atom is -0.444 e. The van der Waals surface area contributed by atoms with Gasteiger partial charge in [0.1, 0.15) is 13.2 Å². The average molecular weight is 626 g/mol. The van der Waals surface area contributed by atoms with Crippen molar-refractivity contribution in [3.8, 4) is 0 Å². The molecular formula is C33H35N7O6. The van der Waals surface area contributed by atoms with Crippen molar-refractivity contribution >= 4 is 51.6 Å². The van der Waals surface area contributed by atoms with E-state index in [-0.39, 0.29) is 36.4 Å². The molecule has 5 N–H and O–H groups in total. The number of nitrogens with two attached hydrogens (primary N) is 1. The smallest absolute Gasteiger partial charge is 0.412 e. The maximum atomic E-state index is 13.9. The van der Waals surface area contributed by atoms with Crippen LogP contribution in [0.4, 0.5) is 27.5 Å². The molecule has 1 unspecified atom stereocenters. The molecule has 13 heteroatoms. The van der Waals surface area contributed by atoms with E-state index in [0.717, 1.165) is 5.56 Å². The van der Waals surface area contributed by atoms with Gasteiger partial charge in [-0.15, -0.1) is 0 Å². The molecule has 238 valence electrons. The van der Waals surface area contributed by atoms with Gasteiger partial charge in [-0.3, -0.25) is 19.9 Å². The van der Waals surface area contributed by atoms with Gasteiger partial charge in [0, 0.05) is 48.9 Å². The number of aliphatic hydroxyl groups excluding tert-OH is 1. The number of hydrogen-bond donors (Lipinski definition) is 4. The van der Waals surface area contributed by atoms with Gasteiger partial charge in [-0.1, -0.05) is 43.3 Å². The van der Waals surface area contributed by atoms with Crippen LogP contribution in [0, 0.1) is 5.92 Å². The number of morpholine rings is 1. The summed E-state index contributed by atoms with van der Waals surface area (Å²) in [5.41, 5.74) is 9.25. The first-order chi connectivity index (χ1) is 22.3. The maximum absolute atomic E-state index is 13.9. The van der Waals surface area contributed by atoms with Crippen molar-refractivity contribution in [2.75, 3.05) is 53.3 Å². The lowest BCUT2D eigenvalue weighted by atomic mass is 9.92. The molecule has 2 aromatic heterocycles. The van der Waals surface area contributed by atoms with Gasteiger partial charge in [0.25, 0.3) is 11.8 Å². The largest absolute Gasteiger partial charge is 0.444 e. The number of nitrogens with zero attached hydrogens (tertiary/aromatic N) is 4. The molecule has 13 nitrogen and oxygen atoms in total. The van der Waals surface area contributed by atoms with Crippen LogP contribution in [-0.4, -0.2) is 78.0 Å². The summed E-state index contributed by atoms with van der Waals surface area (Å²) >= 11 is 0. The van der Waals surface area contributed by atoms with E-state index in [0.29, 0.717) is 54.2 Å². The van der Waals surface area contributed by atoms with Crippen LogP contribution in [0.15, 0.2) is 73.1 Å². The standard InChI is InChI=1S/C33H35N7O6/c1-20-16-39(17-24(34)31(20)42)28-9-10-35-15-27(28)37-32(43)30-26(38-33(44)46-18-21-5-3-2-4-6-21)13-22-7-8-23(14-25(22)36-30)40-11-12-45-19-29(40)41/h2-10,13-15,20,24,31,42H,11-12,16-19,34H2,1H3,(H,37,43)(H,38,44)/t20-,24+,31?/m0/s1. The number of carbonyl (C=O) groups excluding carboxylic acids is 3. The van der Waals surface area contributed by atoms with Crippen molar-refractivity contribution in [1.29, 1.82) is 0 Å². The number of rotatable bonds is 7. The molecule has 0 bridgehead atoms. The molecule has 4 heterocycles. The van der Waals surface area contributed by atoms with Crippen LogP contribution in [0.3, 0.4) is 0 Å². The SMILES string of the molecule is C[C@H]1CN(c2ccncc2NC(=O)c2nc3cc(N4CCOCC4=O)ccc3cc2NC(=O)OCc2ccccc2)C[C@@H](N)C1O. The number of amides is 3. The molecule has 0 saturated carbocycles. The lowest BCUT2D eigenvalue weighted by Gasteiger charge is -2.40. The highest BCUT2D eigenvalue weighted by molar-refractivity contribution is 6.11. The third-order valence-electron chi connectivity index (χ3n) is 8.11. The maximum Gasteiger partial charge on any atom is 0.412 e. The van der Waals surface area contributed by atoms with E-state index in [2.05, 4.69) is 20.6 Å². The van der Waals surface area contributed by atoms with Crippen LogP contribution in [-0.2, 0) is 20.9 Å². The fraction of sp³-hybridized carbons (Fsp3) is 0.303. The summed E-state index contributed by atoms with van der Waals surface area (Å²) in [5.74, 6) is -0.865. The number of anilines is 4. The first-order valence-corrected chi connectivity index (χ1v) is 15.0. The summed E-state index contributed by atoms with van der Waals surface area (Å²) in [7, 11) is 0. The van der Waals surface area contributed by atoms with Crippen LogP contribution in [0.25, 0.3) is 10.9 Å². The monoisotopic (exact) mass is 625 g/mol. The molecule has 4 aromatic rings. The Labute approximate surface area is 265 Å². The zero-order valence-electron chi connectivity index (χ0n) is 25.3. The first-order valence-electron chi connectivity index (χ1n) is 15.0. The molecule has 0 aliphatic carbocycles. The molecular weight excluding hydrogens is 590 g/mol. The van der Waals surface area contributed by atoms with Crippen molar-refractivity contribution in [1.82, 2.24) is 9.97 Å². The second-order valence-corrected chi connectivity index (χ2v) is 11.4. The summed E-state index contributed by atoms with van der Waals surface area (Å²) in [6.07, 6.45) is 1.75.